The predicted octanol–water partition coefficient (Wildman–Crippen LogP) is 2.68. The number of rotatable bonds is 6. The van der Waals surface area contributed by atoms with E-state index in [-0.39, 0.29) is 5.54 Å². The number of hydrogen-bond acceptors (Lipinski definition) is 3. The number of nitrogens with zero attached hydrogens (tertiary/aromatic N) is 3. The number of hydrogen-bond donors (Lipinski definition) is 1. The van der Waals surface area contributed by atoms with Gasteiger partial charge in [-0.3, -0.25) is 4.68 Å². The highest BCUT2D eigenvalue weighted by Crippen LogP contribution is 2.39. The smallest absolute Gasteiger partial charge is 0.137 e. The van der Waals surface area contributed by atoms with E-state index in [1.165, 1.54) is 18.4 Å². The van der Waals surface area contributed by atoms with Crippen LogP contribution in [0.5, 0.6) is 0 Å². The first-order valence-corrected chi connectivity index (χ1v) is 7.38. The average molecular weight is 291 g/mol. The molecule has 1 atom stereocenters. The summed E-state index contributed by atoms with van der Waals surface area (Å²) in [6.45, 7) is 3.05. The first-order valence-electron chi connectivity index (χ1n) is 7.00. The molecular formula is C15H19ClN4. The summed E-state index contributed by atoms with van der Waals surface area (Å²) in [4.78, 5) is 3.97. The van der Waals surface area contributed by atoms with Crippen molar-refractivity contribution >= 4 is 11.6 Å². The van der Waals surface area contributed by atoms with E-state index in [2.05, 4.69) is 34.5 Å². The fourth-order valence-electron chi connectivity index (χ4n) is 2.69. The molecule has 5 heteroatoms. The second kappa shape index (κ2) is 5.54. The summed E-state index contributed by atoms with van der Waals surface area (Å²) in [5, 5.41) is 8.70. The molecule has 4 nitrogen and oxygen atoms in total. The van der Waals surface area contributed by atoms with Crippen LogP contribution in [0.4, 0.5) is 0 Å². The Balaban J connectivity index is 1.57. The molecule has 0 saturated heterocycles. The van der Waals surface area contributed by atoms with Crippen LogP contribution < -0.4 is 5.32 Å². The highest BCUT2D eigenvalue weighted by Gasteiger charge is 2.43. The average Bonchev–Trinajstić information content (AvgIpc) is 2.96. The molecule has 0 spiro atoms. The quantitative estimate of drug-likeness (QED) is 0.889. The fraction of sp³-hybridized carbons (Fsp3) is 0.467. The highest BCUT2D eigenvalue weighted by molar-refractivity contribution is 6.30. The molecule has 1 saturated carbocycles. The summed E-state index contributed by atoms with van der Waals surface area (Å²) in [6, 6.07) is 8.54. The van der Waals surface area contributed by atoms with Crippen LogP contribution in [0.1, 0.15) is 25.3 Å². The first-order chi connectivity index (χ1) is 9.65. The molecule has 0 radical (unpaired) electrons. The zero-order chi connectivity index (χ0) is 14.0. The van der Waals surface area contributed by atoms with Crippen LogP contribution in [-0.4, -0.2) is 26.3 Å². The van der Waals surface area contributed by atoms with E-state index < -0.39 is 0 Å². The summed E-state index contributed by atoms with van der Waals surface area (Å²) < 4.78 is 1.87. The number of halogens is 1. The van der Waals surface area contributed by atoms with Gasteiger partial charge in [0.2, 0.25) is 0 Å². The van der Waals surface area contributed by atoms with Gasteiger partial charge < -0.3 is 5.32 Å². The SMILES string of the molecule is C[C@H](Cn1cncn1)NC1(Cc2ccc(Cl)cc2)CC1. The van der Waals surface area contributed by atoms with Crippen molar-refractivity contribution in [3.8, 4) is 0 Å². The van der Waals surface area contributed by atoms with Gasteiger partial charge >= 0.3 is 0 Å². The molecule has 1 aliphatic carbocycles. The van der Waals surface area contributed by atoms with Crippen molar-refractivity contribution in [1.82, 2.24) is 20.1 Å². The number of nitrogens with one attached hydrogen (secondary N) is 1. The molecule has 3 rings (SSSR count). The predicted molar refractivity (Wildman–Crippen MR) is 79.7 cm³/mol. The standard InChI is InChI=1S/C15H19ClN4/c1-12(9-20-11-17-10-18-20)19-15(6-7-15)8-13-2-4-14(16)5-3-13/h2-5,10-12,19H,6-9H2,1H3/t12-/m1/s1. The molecule has 1 fully saturated rings. The minimum atomic E-state index is 0.258. The molecule has 2 aromatic rings. The third-order valence-corrected chi connectivity index (χ3v) is 4.04. The van der Waals surface area contributed by atoms with Crippen molar-refractivity contribution < 1.29 is 0 Å². The van der Waals surface area contributed by atoms with Crippen LogP contribution in [0, 0.1) is 0 Å². The van der Waals surface area contributed by atoms with Gasteiger partial charge in [-0.25, -0.2) is 4.98 Å². The summed E-state index contributed by atoms with van der Waals surface area (Å²) in [5.74, 6) is 0. The van der Waals surface area contributed by atoms with Gasteiger partial charge in [0.15, 0.2) is 0 Å². The van der Waals surface area contributed by atoms with E-state index in [0.717, 1.165) is 18.0 Å². The molecule has 1 aliphatic rings. The van der Waals surface area contributed by atoms with E-state index in [9.17, 15) is 0 Å². The second-order valence-electron chi connectivity index (χ2n) is 5.75. The summed E-state index contributed by atoms with van der Waals surface area (Å²) in [5.41, 5.74) is 1.60. The van der Waals surface area contributed by atoms with Crippen LogP contribution in [0.25, 0.3) is 0 Å². The molecule has 1 heterocycles. The lowest BCUT2D eigenvalue weighted by molar-refractivity contribution is 0.378. The van der Waals surface area contributed by atoms with Crippen LogP contribution in [0.3, 0.4) is 0 Å². The van der Waals surface area contributed by atoms with Gasteiger partial charge in [-0.15, -0.1) is 0 Å². The van der Waals surface area contributed by atoms with Gasteiger partial charge in [-0.05, 0) is 43.9 Å². The molecule has 0 amide bonds. The van der Waals surface area contributed by atoms with E-state index >= 15 is 0 Å². The lowest BCUT2D eigenvalue weighted by atomic mass is 10.0. The summed E-state index contributed by atoms with van der Waals surface area (Å²) in [6.07, 6.45) is 6.87. The molecule has 0 bridgehead atoms. The summed E-state index contributed by atoms with van der Waals surface area (Å²) in [7, 11) is 0. The monoisotopic (exact) mass is 290 g/mol. The Morgan fingerprint density at radius 3 is 2.70 bits per heavy atom. The molecule has 106 valence electrons. The fourth-order valence-corrected chi connectivity index (χ4v) is 2.82. The Bertz CT molecular complexity index is 546. The molecule has 20 heavy (non-hydrogen) atoms. The maximum Gasteiger partial charge on any atom is 0.137 e. The maximum absolute atomic E-state index is 5.93. The Morgan fingerprint density at radius 2 is 2.10 bits per heavy atom. The van der Waals surface area contributed by atoms with Gasteiger partial charge in [0.1, 0.15) is 12.7 Å². The van der Waals surface area contributed by atoms with E-state index in [1.807, 2.05) is 16.8 Å². The molecule has 0 aliphatic heterocycles. The third-order valence-electron chi connectivity index (χ3n) is 3.79. The molecule has 1 aromatic heterocycles. The topological polar surface area (TPSA) is 42.7 Å². The zero-order valence-electron chi connectivity index (χ0n) is 11.6. The van der Waals surface area contributed by atoms with Gasteiger partial charge in [0.05, 0.1) is 6.54 Å². The lowest BCUT2D eigenvalue weighted by Crippen LogP contribution is -2.42. The molecule has 0 unspecified atom stereocenters. The third kappa shape index (κ3) is 3.38. The van der Waals surface area contributed by atoms with Crippen molar-refractivity contribution in [2.45, 2.75) is 44.3 Å². The summed E-state index contributed by atoms with van der Waals surface area (Å²) >= 11 is 5.93. The number of benzene rings is 1. The Labute approximate surface area is 124 Å². The van der Waals surface area contributed by atoms with Crippen LogP contribution in [-0.2, 0) is 13.0 Å². The zero-order valence-corrected chi connectivity index (χ0v) is 12.3. The number of aromatic nitrogens is 3. The van der Waals surface area contributed by atoms with E-state index in [4.69, 9.17) is 11.6 Å². The van der Waals surface area contributed by atoms with Crippen molar-refractivity contribution in [3.05, 3.63) is 47.5 Å². The van der Waals surface area contributed by atoms with Crippen molar-refractivity contribution in [3.63, 3.8) is 0 Å². The van der Waals surface area contributed by atoms with Crippen LogP contribution in [0.15, 0.2) is 36.9 Å². The first kappa shape index (κ1) is 13.6. The van der Waals surface area contributed by atoms with Crippen molar-refractivity contribution in [2.75, 3.05) is 0 Å². The Hall–Kier alpha value is -1.39. The van der Waals surface area contributed by atoms with Crippen LogP contribution in [0.2, 0.25) is 5.02 Å². The molecular weight excluding hydrogens is 272 g/mol. The highest BCUT2D eigenvalue weighted by atomic mass is 35.5. The second-order valence-corrected chi connectivity index (χ2v) is 6.18. The van der Waals surface area contributed by atoms with Crippen molar-refractivity contribution in [1.29, 1.82) is 0 Å². The van der Waals surface area contributed by atoms with Crippen LogP contribution >= 0.6 is 11.6 Å². The van der Waals surface area contributed by atoms with Gasteiger partial charge in [0.25, 0.3) is 0 Å². The van der Waals surface area contributed by atoms with E-state index in [1.54, 1.807) is 12.7 Å². The normalized spacial score (nSPS) is 17.9. The van der Waals surface area contributed by atoms with Crippen molar-refractivity contribution in [2.24, 2.45) is 0 Å². The Kier molecular flexibility index (Phi) is 3.76. The Morgan fingerprint density at radius 1 is 1.35 bits per heavy atom. The van der Waals surface area contributed by atoms with Gasteiger partial charge in [-0.2, -0.15) is 5.10 Å². The minimum absolute atomic E-state index is 0.258. The molecule has 1 N–H and O–H groups in total. The lowest BCUT2D eigenvalue weighted by Gasteiger charge is -2.23. The largest absolute Gasteiger partial charge is 0.307 e. The van der Waals surface area contributed by atoms with Gasteiger partial charge in [0, 0.05) is 16.6 Å². The van der Waals surface area contributed by atoms with Gasteiger partial charge in [-0.1, -0.05) is 23.7 Å². The molecule has 1 aromatic carbocycles. The maximum atomic E-state index is 5.93. The minimum Gasteiger partial charge on any atom is -0.307 e. The van der Waals surface area contributed by atoms with E-state index in [0.29, 0.717) is 6.04 Å².